The third-order valence-electron chi connectivity index (χ3n) is 3.14. The van der Waals surface area contributed by atoms with Crippen molar-refractivity contribution in [3.63, 3.8) is 0 Å². The number of halogens is 1. The lowest BCUT2D eigenvalue weighted by atomic mass is 10.2. The van der Waals surface area contributed by atoms with Crippen LogP contribution in [0.5, 0.6) is 0 Å². The minimum atomic E-state index is 0.0399. The Morgan fingerprint density at radius 3 is 2.94 bits per heavy atom. The third kappa shape index (κ3) is 3.49. The van der Waals surface area contributed by atoms with Crippen LogP contribution < -0.4 is 5.32 Å². The minimum absolute atomic E-state index is 0.0399. The maximum absolute atomic E-state index is 12.0. The van der Waals surface area contributed by atoms with Crippen molar-refractivity contribution in [3.05, 3.63) is 34.3 Å². The van der Waals surface area contributed by atoms with Crippen LogP contribution in [-0.4, -0.2) is 23.5 Å². The highest BCUT2D eigenvalue weighted by Crippen LogP contribution is 2.28. The predicted octanol–water partition coefficient (Wildman–Crippen LogP) is 3.46. The lowest BCUT2D eigenvalue weighted by Gasteiger charge is -2.12. The average molecular weight is 314 g/mol. The van der Waals surface area contributed by atoms with Gasteiger partial charge in [0.05, 0.1) is 0 Å². The third-order valence-corrected chi connectivity index (χ3v) is 4.73. The lowest BCUT2D eigenvalue weighted by Crippen LogP contribution is -2.33. The number of carbonyl (C=O) groups excluding carboxylic acids is 1. The quantitative estimate of drug-likeness (QED) is 0.926. The van der Waals surface area contributed by atoms with Crippen molar-refractivity contribution in [1.82, 2.24) is 5.32 Å². The van der Waals surface area contributed by atoms with Crippen molar-refractivity contribution >= 4 is 33.6 Å². The number of hydrogen-bond donors (Lipinski definition) is 1. The van der Waals surface area contributed by atoms with Crippen molar-refractivity contribution in [2.75, 3.05) is 6.26 Å². The lowest BCUT2D eigenvalue weighted by molar-refractivity contribution is 0.0938. The van der Waals surface area contributed by atoms with Gasteiger partial charge in [0.15, 0.2) is 0 Å². The molecule has 1 amide bonds. The summed E-state index contributed by atoms with van der Waals surface area (Å²) in [6, 6.07) is 7.87. The highest BCUT2D eigenvalue weighted by atomic mass is 79.9. The van der Waals surface area contributed by atoms with Gasteiger partial charge in [-0.2, -0.15) is 11.8 Å². The smallest absolute Gasteiger partial charge is 0.251 e. The number of hydrogen-bond acceptors (Lipinski definition) is 2. The van der Waals surface area contributed by atoms with E-state index in [2.05, 4.69) is 27.5 Å². The molecule has 0 aromatic heterocycles. The summed E-state index contributed by atoms with van der Waals surface area (Å²) in [5, 5.41) is 3.82. The molecule has 1 N–H and O–H groups in total. The second-order valence-corrected chi connectivity index (χ2v) is 6.41. The van der Waals surface area contributed by atoms with Crippen LogP contribution in [0, 0.1) is 0 Å². The molecular formula is C13H16BrNOS. The van der Waals surface area contributed by atoms with E-state index in [-0.39, 0.29) is 5.91 Å². The molecule has 0 saturated heterocycles. The molecule has 92 valence electrons. The van der Waals surface area contributed by atoms with Crippen molar-refractivity contribution < 1.29 is 4.79 Å². The second-order valence-electron chi connectivity index (χ2n) is 4.35. The summed E-state index contributed by atoms with van der Waals surface area (Å²) in [4.78, 5) is 12.0. The maximum atomic E-state index is 12.0. The molecule has 2 rings (SSSR count). The van der Waals surface area contributed by atoms with E-state index in [0.29, 0.717) is 11.3 Å². The zero-order valence-electron chi connectivity index (χ0n) is 9.78. The SMILES string of the molecule is CSC1CCC(NC(=O)c2cccc(Br)c2)C1. The van der Waals surface area contributed by atoms with Gasteiger partial charge in [-0.15, -0.1) is 0 Å². The van der Waals surface area contributed by atoms with Crippen LogP contribution in [-0.2, 0) is 0 Å². The number of nitrogens with one attached hydrogen (secondary N) is 1. The van der Waals surface area contributed by atoms with Crippen LogP contribution in [0.25, 0.3) is 0 Å². The molecule has 2 atom stereocenters. The molecule has 1 aromatic carbocycles. The molecule has 0 aliphatic heterocycles. The highest BCUT2D eigenvalue weighted by Gasteiger charge is 2.25. The second kappa shape index (κ2) is 5.91. The molecule has 0 radical (unpaired) electrons. The van der Waals surface area contributed by atoms with Gasteiger partial charge in [-0.3, -0.25) is 4.79 Å². The van der Waals surface area contributed by atoms with Crippen LogP contribution in [0.3, 0.4) is 0 Å². The summed E-state index contributed by atoms with van der Waals surface area (Å²) < 4.78 is 0.943. The molecule has 1 aliphatic carbocycles. The molecule has 0 heterocycles. The number of rotatable bonds is 3. The standard InChI is InChI=1S/C13H16BrNOS/c1-17-12-6-5-11(8-12)15-13(16)9-3-2-4-10(14)7-9/h2-4,7,11-12H,5-6,8H2,1H3,(H,15,16). The van der Waals surface area contributed by atoms with Crippen LogP contribution >= 0.6 is 27.7 Å². The predicted molar refractivity (Wildman–Crippen MR) is 76.6 cm³/mol. The van der Waals surface area contributed by atoms with Gasteiger partial charge in [-0.1, -0.05) is 22.0 Å². The molecule has 0 bridgehead atoms. The van der Waals surface area contributed by atoms with E-state index >= 15 is 0 Å². The Bertz CT molecular complexity index is 410. The molecule has 1 fully saturated rings. The number of benzene rings is 1. The Morgan fingerprint density at radius 1 is 1.47 bits per heavy atom. The Morgan fingerprint density at radius 2 is 2.29 bits per heavy atom. The zero-order chi connectivity index (χ0) is 12.3. The van der Waals surface area contributed by atoms with Crippen LogP contribution in [0.4, 0.5) is 0 Å². The highest BCUT2D eigenvalue weighted by molar-refractivity contribution is 9.10. The topological polar surface area (TPSA) is 29.1 Å². The Kier molecular flexibility index (Phi) is 4.51. The van der Waals surface area contributed by atoms with Crippen molar-refractivity contribution in [1.29, 1.82) is 0 Å². The first kappa shape index (κ1) is 13.0. The Hall–Kier alpha value is -0.480. The van der Waals surface area contributed by atoms with Crippen molar-refractivity contribution in [2.45, 2.75) is 30.6 Å². The first-order valence-electron chi connectivity index (χ1n) is 5.78. The van der Waals surface area contributed by atoms with E-state index in [9.17, 15) is 4.79 Å². The van der Waals surface area contributed by atoms with Gasteiger partial charge in [0.2, 0.25) is 0 Å². The molecule has 2 unspecified atom stereocenters. The fraction of sp³-hybridized carbons (Fsp3) is 0.462. The monoisotopic (exact) mass is 313 g/mol. The van der Waals surface area contributed by atoms with Gasteiger partial charge < -0.3 is 5.32 Å². The van der Waals surface area contributed by atoms with Gasteiger partial charge >= 0.3 is 0 Å². The number of thioether (sulfide) groups is 1. The van der Waals surface area contributed by atoms with Gasteiger partial charge in [-0.05, 0) is 43.7 Å². The molecule has 1 aromatic rings. The Balaban J connectivity index is 1.94. The summed E-state index contributed by atoms with van der Waals surface area (Å²) in [7, 11) is 0. The van der Waals surface area contributed by atoms with Crippen LogP contribution in [0.15, 0.2) is 28.7 Å². The normalized spacial score (nSPS) is 23.6. The summed E-state index contributed by atoms with van der Waals surface area (Å²) in [6.07, 6.45) is 5.56. The van der Waals surface area contributed by atoms with E-state index in [1.807, 2.05) is 36.0 Å². The van der Waals surface area contributed by atoms with E-state index < -0.39 is 0 Å². The van der Waals surface area contributed by atoms with E-state index in [0.717, 1.165) is 22.9 Å². The molecule has 2 nitrogen and oxygen atoms in total. The summed E-state index contributed by atoms with van der Waals surface area (Å²) in [5.41, 5.74) is 0.729. The van der Waals surface area contributed by atoms with Gasteiger partial charge in [0, 0.05) is 21.3 Å². The first-order valence-corrected chi connectivity index (χ1v) is 7.86. The van der Waals surface area contributed by atoms with Gasteiger partial charge in [-0.25, -0.2) is 0 Å². The van der Waals surface area contributed by atoms with Crippen LogP contribution in [0.1, 0.15) is 29.6 Å². The molecule has 4 heteroatoms. The number of carbonyl (C=O) groups is 1. The van der Waals surface area contributed by atoms with Crippen LogP contribution in [0.2, 0.25) is 0 Å². The molecule has 1 aliphatic rings. The summed E-state index contributed by atoms with van der Waals surface area (Å²) in [5.74, 6) is 0.0399. The zero-order valence-corrected chi connectivity index (χ0v) is 12.2. The fourth-order valence-electron chi connectivity index (χ4n) is 2.18. The maximum Gasteiger partial charge on any atom is 0.251 e. The van der Waals surface area contributed by atoms with E-state index in [4.69, 9.17) is 0 Å². The average Bonchev–Trinajstić information content (AvgIpc) is 2.77. The van der Waals surface area contributed by atoms with E-state index in [1.165, 1.54) is 6.42 Å². The van der Waals surface area contributed by atoms with Crippen molar-refractivity contribution in [2.24, 2.45) is 0 Å². The number of amides is 1. The molecular weight excluding hydrogens is 298 g/mol. The molecule has 17 heavy (non-hydrogen) atoms. The van der Waals surface area contributed by atoms with E-state index in [1.54, 1.807) is 0 Å². The minimum Gasteiger partial charge on any atom is -0.349 e. The molecule has 1 saturated carbocycles. The van der Waals surface area contributed by atoms with Gasteiger partial charge in [0.25, 0.3) is 5.91 Å². The molecule has 0 spiro atoms. The summed E-state index contributed by atoms with van der Waals surface area (Å²) in [6.45, 7) is 0. The summed E-state index contributed by atoms with van der Waals surface area (Å²) >= 11 is 5.28. The first-order chi connectivity index (χ1) is 8.19. The van der Waals surface area contributed by atoms with Crippen molar-refractivity contribution in [3.8, 4) is 0 Å². The Labute approximate surface area is 115 Å². The van der Waals surface area contributed by atoms with Gasteiger partial charge in [0.1, 0.15) is 0 Å². The largest absolute Gasteiger partial charge is 0.349 e. The fourth-order valence-corrected chi connectivity index (χ4v) is 3.38.